The number of hydrogen-bond acceptors (Lipinski definition) is 2. The van der Waals surface area contributed by atoms with Gasteiger partial charge in [0.15, 0.2) is 6.54 Å². The van der Waals surface area contributed by atoms with Gasteiger partial charge in [-0.05, 0) is 49.2 Å². The molecular weight excluding hydrogens is 391 g/mol. The van der Waals surface area contributed by atoms with Crippen LogP contribution in [-0.4, -0.2) is 29.7 Å². The fraction of sp³-hybridized carbons (Fsp3) is 0.435. The van der Waals surface area contributed by atoms with Crippen molar-refractivity contribution in [3.63, 3.8) is 0 Å². The van der Waals surface area contributed by atoms with Crippen LogP contribution in [0.2, 0.25) is 5.02 Å². The van der Waals surface area contributed by atoms with E-state index in [1.165, 1.54) is 12.1 Å². The number of benzene rings is 2. The number of quaternary nitrogens is 1. The Bertz CT molecular complexity index is 858. The number of anilines is 1. The quantitative estimate of drug-likeness (QED) is 0.714. The maximum absolute atomic E-state index is 13.5. The molecule has 154 valence electrons. The molecule has 1 amide bonds. The summed E-state index contributed by atoms with van der Waals surface area (Å²) in [4.78, 5) is 13.9. The second kappa shape index (κ2) is 8.42. The molecule has 1 saturated carbocycles. The third kappa shape index (κ3) is 4.47. The van der Waals surface area contributed by atoms with Crippen molar-refractivity contribution in [2.75, 3.05) is 18.4 Å². The second-order valence-electron chi connectivity index (χ2n) is 8.38. The van der Waals surface area contributed by atoms with Crippen molar-refractivity contribution < 1.29 is 19.2 Å². The van der Waals surface area contributed by atoms with E-state index in [0.717, 1.165) is 36.1 Å². The van der Waals surface area contributed by atoms with Gasteiger partial charge in [-0.2, -0.15) is 0 Å². The number of carbonyl (C=O) groups excluding carboxylic acids is 1. The second-order valence-corrected chi connectivity index (χ2v) is 8.81. The van der Waals surface area contributed by atoms with Crippen LogP contribution in [0, 0.1) is 11.7 Å². The number of carbonyl (C=O) groups is 1. The molecule has 0 radical (unpaired) electrons. The first-order chi connectivity index (χ1) is 13.9. The van der Waals surface area contributed by atoms with Crippen molar-refractivity contribution >= 4 is 23.2 Å². The molecular formula is C23H27ClFN2O2+. The lowest BCUT2D eigenvalue weighted by Gasteiger charge is -2.50. The van der Waals surface area contributed by atoms with Crippen LogP contribution in [0.3, 0.4) is 0 Å². The van der Waals surface area contributed by atoms with Crippen molar-refractivity contribution in [1.29, 1.82) is 0 Å². The first-order valence-electron chi connectivity index (χ1n) is 10.3. The highest BCUT2D eigenvalue weighted by atomic mass is 35.5. The van der Waals surface area contributed by atoms with E-state index in [9.17, 15) is 14.3 Å². The zero-order chi connectivity index (χ0) is 20.4. The molecule has 0 spiro atoms. The molecule has 1 aliphatic heterocycles. The smallest absolute Gasteiger partial charge is 0.279 e. The monoisotopic (exact) mass is 417 g/mol. The Morgan fingerprint density at radius 1 is 1.14 bits per heavy atom. The number of piperidine rings is 1. The van der Waals surface area contributed by atoms with Gasteiger partial charge in [0.1, 0.15) is 11.9 Å². The van der Waals surface area contributed by atoms with Gasteiger partial charge in [0.05, 0.1) is 12.1 Å². The molecule has 0 bridgehead atoms. The Labute approximate surface area is 175 Å². The standard InChI is InChI=1S/C23H26ClFN2O2/c24-17-6-10-19(11-7-17)26-21(28)15-27-14-13-23(29)12-2-1-3-20(23)22(27)16-4-8-18(25)9-5-16/h4-11,20,22,29H,1-3,12-15H2,(H,26,28)/p+1/t20-,22-,23-/m1/s1. The van der Waals surface area contributed by atoms with Crippen LogP contribution in [-0.2, 0) is 4.79 Å². The van der Waals surface area contributed by atoms with Crippen molar-refractivity contribution in [1.82, 2.24) is 0 Å². The molecule has 2 aromatic rings. The number of amides is 1. The zero-order valence-corrected chi connectivity index (χ0v) is 17.1. The van der Waals surface area contributed by atoms with Crippen LogP contribution in [0.5, 0.6) is 0 Å². The van der Waals surface area contributed by atoms with E-state index in [-0.39, 0.29) is 23.7 Å². The van der Waals surface area contributed by atoms with Crippen LogP contribution in [0.15, 0.2) is 48.5 Å². The van der Waals surface area contributed by atoms with Crippen LogP contribution in [0.4, 0.5) is 10.1 Å². The third-order valence-electron chi connectivity index (χ3n) is 6.53. The number of rotatable bonds is 4. The van der Waals surface area contributed by atoms with Gasteiger partial charge in [-0.25, -0.2) is 4.39 Å². The maximum atomic E-state index is 13.5. The molecule has 2 aliphatic rings. The van der Waals surface area contributed by atoms with Crippen molar-refractivity contribution in [3.8, 4) is 0 Å². The molecule has 29 heavy (non-hydrogen) atoms. The number of likely N-dealkylation sites (tertiary alicyclic amines) is 1. The highest BCUT2D eigenvalue weighted by Gasteiger charge is 2.51. The van der Waals surface area contributed by atoms with Gasteiger partial charge in [0, 0.05) is 28.6 Å². The van der Waals surface area contributed by atoms with E-state index in [1.54, 1.807) is 36.4 Å². The Morgan fingerprint density at radius 2 is 1.86 bits per heavy atom. The molecule has 3 N–H and O–H groups in total. The molecule has 2 aromatic carbocycles. The topological polar surface area (TPSA) is 53.8 Å². The summed E-state index contributed by atoms with van der Waals surface area (Å²) >= 11 is 5.91. The largest absolute Gasteiger partial charge is 0.389 e. The SMILES string of the molecule is O=C(C[NH+]1CC[C@]2(O)CCCC[C@@H]2[C@H]1c1ccc(F)cc1)Nc1ccc(Cl)cc1. The molecule has 6 heteroatoms. The van der Waals surface area contributed by atoms with Gasteiger partial charge in [-0.1, -0.05) is 36.6 Å². The van der Waals surface area contributed by atoms with E-state index in [2.05, 4.69) is 5.32 Å². The van der Waals surface area contributed by atoms with Gasteiger partial charge in [-0.3, -0.25) is 4.79 Å². The summed E-state index contributed by atoms with van der Waals surface area (Å²) in [6.07, 6.45) is 4.55. The zero-order valence-electron chi connectivity index (χ0n) is 16.3. The molecule has 4 atom stereocenters. The fourth-order valence-corrected chi connectivity index (χ4v) is 5.26. The molecule has 1 heterocycles. The van der Waals surface area contributed by atoms with Gasteiger partial charge < -0.3 is 15.3 Å². The summed E-state index contributed by atoms with van der Waals surface area (Å²) < 4.78 is 13.5. The Balaban J connectivity index is 1.56. The van der Waals surface area contributed by atoms with Crippen LogP contribution >= 0.6 is 11.6 Å². The van der Waals surface area contributed by atoms with E-state index >= 15 is 0 Å². The summed E-state index contributed by atoms with van der Waals surface area (Å²) in [5.74, 6) is -0.269. The molecule has 2 fully saturated rings. The van der Waals surface area contributed by atoms with E-state index in [4.69, 9.17) is 11.6 Å². The average molecular weight is 418 g/mol. The highest BCUT2D eigenvalue weighted by Crippen LogP contribution is 2.44. The molecule has 4 rings (SSSR count). The highest BCUT2D eigenvalue weighted by molar-refractivity contribution is 6.30. The Morgan fingerprint density at radius 3 is 2.59 bits per heavy atom. The van der Waals surface area contributed by atoms with Crippen molar-refractivity contribution in [2.24, 2.45) is 5.92 Å². The molecule has 1 saturated heterocycles. The molecule has 0 aromatic heterocycles. The van der Waals surface area contributed by atoms with Gasteiger partial charge in [0.2, 0.25) is 0 Å². The Kier molecular flexibility index (Phi) is 5.91. The third-order valence-corrected chi connectivity index (χ3v) is 6.78. The summed E-state index contributed by atoms with van der Waals surface area (Å²) in [6, 6.07) is 13.6. The minimum Gasteiger partial charge on any atom is -0.389 e. The first kappa shape index (κ1) is 20.3. The summed E-state index contributed by atoms with van der Waals surface area (Å²) in [5.41, 5.74) is 1.02. The van der Waals surface area contributed by atoms with Crippen molar-refractivity contribution in [3.05, 3.63) is 64.9 Å². The van der Waals surface area contributed by atoms with Crippen LogP contribution in [0.1, 0.15) is 43.7 Å². The number of hydrogen-bond donors (Lipinski definition) is 3. The van der Waals surface area contributed by atoms with Gasteiger partial charge >= 0.3 is 0 Å². The lowest BCUT2D eigenvalue weighted by atomic mass is 9.66. The van der Waals surface area contributed by atoms with E-state index < -0.39 is 5.60 Å². The summed E-state index contributed by atoms with van der Waals surface area (Å²) in [6.45, 7) is 1.01. The number of aliphatic hydroxyl groups is 1. The number of nitrogens with one attached hydrogen (secondary N) is 2. The Hall–Kier alpha value is -1.95. The maximum Gasteiger partial charge on any atom is 0.279 e. The lowest BCUT2D eigenvalue weighted by Crippen LogP contribution is -3.16. The lowest BCUT2D eigenvalue weighted by molar-refractivity contribution is -0.937. The molecule has 1 unspecified atom stereocenters. The van der Waals surface area contributed by atoms with E-state index in [1.807, 2.05) is 0 Å². The molecule has 1 aliphatic carbocycles. The number of halogens is 2. The van der Waals surface area contributed by atoms with E-state index in [0.29, 0.717) is 30.2 Å². The predicted molar refractivity (Wildman–Crippen MR) is 111 cm³/mol. The van der Waals surface area contributed by atoms with Gasteiger partial charge in [-0.15, -0.1) is 0 Å². The van der Waals surface area contributed by atoms with Crippen LogP contribution in [0.25, 0.3) is 0 Å². The minimum absolute atomic E-state index is 0.0226. The molecule has 4 nitrogen and oxygen atoms in total. The fourth-order valence-electron chi connectivity index (χ4n) is 5.13. The first-order valence-corrected chi connectivity index (χ1v) is 10.7. The normalized spacial score (nSPS) is 29.1. The summed E-state index contributed by atoms with van der Waals surface area (Å²) in [5, 5.41) is 14.9. The summed E-state index contributed by atoms with van der Waals surface area (Å²) in [7, 11) is 0. The predicted octanol–water partition coefficient (Wildman–Crippen LogP) is 3.37. The van der Waals surface area contributed by atoms with Crippen LogP contribution < -0.4 is 10.2 Å². The average Bonchev–Trinajstić information content (AvgIpc) is 2.70. The van der Waals surface area contributed by atoms with Crippen molar-refractivity contribution in [2.45, 2.75) is 43.7 Å². The minimum atomic E-state index is -0.687. The van der Waals surface area contributed by atoms with Gasteiger partial charge in [0.25, 0.3) is 5.91 Å². The number of fused-ring (bicyclic) bond motifs is 1.